The third-order valence-corrected chi connectivity index (χ3v) is 4.34. The summed E-state index contributed by atoms with van der Waals surface area (Å²) in [4.78, 5) is 22.1. The van der Waals surface area contributed by atoms with Crippen molar-refractivity contribution in [2.75, 3.05) is 24.8 Å². The molecular formula is C18H24N4O3. The molecule has 1 saturated heterocycles. The summed E-state index contributed by atoms with van der Waals surface area (Å²) in [6.07, 6.45) is 5.43. The van der Waals surface area contributed by atoms with E-state index in [1.54, 1.807) is 17.3 Å². The summed E-state index contributed by atoms with van der Waals surface area (Å²) in [5, 5.41) is 8.65. The standard InChI is InChI=1S/C18H24N4O3/c1-13-16(14(2)25-21-13)6-5-9-19-18(23)15-7-8-17(20-12-15)22-10-3-4-11-24-22/h7-8,12H,3-6,9-11H2,1-2H3,(H,19,23). The number of rotatable bonds is 6. The minimum Gasteiger partial charge on any atom is -0.361 e. The second-order valence-electron chi connectivity index (χ2n) is 6.21. The monoisotopic (exact) mass is 344 g/mol. The van der Waals surface area contributed by atoms with E-state index in [1.165, 1.54) is 0 Å². The summed E-state index contributed by atoms with van der Waals surface area (Å²) < 4.78 is 5.14. The molecule has 0 spiro atoms. The lowest BCUT2D eigenvalue weighted by Gasteiger charge is -2.26. The van der Waals surface area contributed by atoms with Gasteiger partial charge in [0.2, 0.25) is 0 Å². The zero-order valence-corrected chi connectivity index (χ0v) is 14.7. The van der Waals surface area contributed by atoms with Gasteiger partial charge in [-0.25, -0.2) is 10.0 Å². The molecule has 2 aromatic rings. The number of anilines is 1. The summed E-state index contributed by atoms with van der Waals surface area (Å²) in [6, 6.07) is 3.61. The molecule has 1 fully saturated rings. The van der Waals surface area contributed by atoms with Crippen LogP contribution in [0.1, 0.15) is 46.6 Å². The molecule has 25 heavy (non-hydrogen) atoms. The second-order valence-corrected chi connectivity index (χ2v) is 6.21. The van der Waals surface area contributed by atoms with Gasteiger partial charge in [-0.05, 0) is 51.7 Å². The van der Waals surface area contributed by atoms with Gasteiger partial charge < -0.3 is 9.84 Å². The third kappa shape index (κ3) is 4.36. The maximum atomic E-state index is 12.2. The van der Waals surface area contributed by atoms with Crippen molar-refractivity contribution in [1.29, 1.82) is 0 Å². The molecule has 1 aliphatic heterocycles. The lowest BCUT2D eigenvalue weighted by Crippen LogP contribution is -2.30. The molecule has 3 rings (SSSR count). The van der Waals surface area contributed by atoms with E-state index in [1.807, 2.05) is 19.9 Å². The summed E-state index contributed by atoms with van der Waals surface area (Å²) in [7, 11) is 0. The topological polar surface area (TPSA) is 80.5 Å². The smallest absolute Gasteiger partial charge is 0.252 e. The lowest BCUT2D eigenvalue weighted by atomic mass is 10.1. The molecule has 0 radical (unpaired) electrons. The van der Waals surface area contributed by atoms with Gasteiger partial charge in [-0.15, -0.1) is 0 Å². The minimum absolute atomic E-state index is 0.114. The van der Waals surface area contributed by atoms with Crippen LogP contribution in [0.5, 0.6) is 0 Å². The van der Waals surface area contributed by atoms with E-state index in [9.17, 15) is 4.79 Å². The van der Waals surface area contributed by atoms with Gasteiger partial charge in [-0.3, -0.25) is 9.63 Å². The van der Waals surface area contributed by atoms with Crippen molar-refractivity contribution in [3.8, 4) is 0 Å². The Balaban J connectivity index is 1.46. The molecular weight excluding hydrogens is 320 g/mol. The quantitative estimate of drug-likeness (QED) is 0.811. The molecule has 0 saturated carbocycles. The van der Waals surface area contributed by atoms with Crippen LogP contribution in [0, 0.1) is 13.8 Å². The van der Waals surface area contributed by atoms with E-state index in [0.717, 1.165) is 61.7 Å². The third-order valence-electron chi connectivity index (χ3n) is 4.34. The molecule has 0 aliphatic carbocycles. The van der Waals surface area contributed by atoms with Crippen LogP contribution in [0.2, 0.25) is 0 Å². The van der Waals surface area contributed by atoms with Gasteiger partial charge in [-0.2, -0.15) is 0 Å². The van der Waals surface area contributed by atoms with Crippen molar-refractivity contribution in [2.24, 2.45) is 0 Å². The molecule has 7 nitrogen and oxygen atoms in total. The SMILES string of the molecule is Cc1noc(C)c1CCCNC(=O)c1ccc(N2CCCCO2)nc1. The fourth-order valence-corrected chi connectivity index (χ4v) is 2.87. The Bertz CT molecular complexity index is 686. The number of amides is 1. The van der Waals surface area contributed by atoms with Crippen LogP contribution in [0.25, 0.3) is 0 Å². The molecule has 0 atom stereocenters. The largest absolute Gasteiger partial charge is 0.361 e. The predicted molar refractivity (Wildman–Crippen MR) is 93.4 cm³/mol. The number of nitrogens with one attached hydrogen (secondary N) is 1. The van der Waals surface area contributed by atoms with Gasteiger partial charge in [0, 0.05) is 24.8 Å². The van der Waals surface area contributed by atoms with Gasteiger partial charge in [0.1, 0.15) is 5.76 Å². The average molecular weight is 344 g/mol. The van der Waals surface area contributed by atoms with Crippen molar-refractivity contribution in [1.82, 2.24) is 15.5 Å². The number of aryl methyl sites for hydroxylation is 2. The number of hydrogen-bond acceptors (Lipinski definition) is 6. The van der Waals surface area contributed by atoms with Crippen molar-refractivity contribution in [3.05, 3.63) is 40.9 Å². The molecule has 3 heterocycles. The Morgan fingerprint density at radius 2 is 2.20 bits per heavy atom. The maximum Gasteiger partial charge on any atom is 0.252 e. The number of hydroxylamine groups is 1. The summed E-state index contributed by atoms with van der Waals surface area (Å²) in [5.74, 6) is 1.48. The van der Waals surface area contributed by atoms with Crippen LogP contribution >= 0.6 is 0 Å². The van der Waals surface area contributed by atoms with Gasteiger partial charge in [-0.1, -0.05) is 5.16 Å². The van der Waals surface area contributed by atoms with Gasteiger partial charge in [0.25, 0.3) is 5.91 Å². The molecule has 134 valence electrons. The van der Waals surface area contributed by atoms with Gasteiger partial charge in [0.05, 0.1) is 17.9 Å². The van der Waals surface area contributed by atoms with Crippen LogP contribution in [-0.2, 0) is 11.3 Å². The van der Waals surface area contributed by atoms with E-state index in [4.69, 9.17) is 9.36 Å². The van der Waals surface area contributed by atoms with Gasteiger partial charge >= 0.3 is 0 Å². The first-order chi connectivity index (χ1) is 12.1. The van der Waals surface area contributed by atoms with Crippen molar-refractivity contribution in [2.45, 2.75) is 39.5 Å². The number of nitrogens with zero attached hydrogens (tertiary/aromatic N) is 3. The van der Waals surface area contributed by atoms with E-state index in [0.29, 0.717) is 12.1 Å². The average Bonchev–Trinajstić information content (AvgIpc) is 2.97. The highest BCUT2D eigenvalue weighted by atomic mass is 16.7. The highest BCUT2D eigenvalue weighted by Gasteiger charge is 2.14. The number of hydrogen-bond donors (Lipinski definition) is 1. The highest BCUT2D eigenvalue weighted by molar-refractivity contribution is 5.94. The first-order valence-corrected chi connectivity index (χ1v) is 8.71. The van der Waals surface area contributed by atoms with Crippen molar-refractivity contribution >= 4 is 11.7 Å². The fraction of sp³-hybridized carbons (Fsp3) is 0.500. The Morgan fingerprint density at radius 3 is 2.84 bits per heavy atom. The fourth-order valence-electron chi connectivity index (χ4n) is 2.87. The first kappa shape index (κ1) is 17.4. The van der Waals surface area contributed by atoms with E-state index < -0.39 is 0 Å². The highest BCUT2D eigenvalue weighted by Crippen LogP contribution is 2.16. The summed E-state index contributed by atoms with van der Waals surface area (Å²) in [5.41, 5.74) is 2.60. The summed E-state index contributed by atoms with van der Waals surface area (Å²) >= 11 is 0. The molecule has 2 aromatic heterocycles. The Morgan fingerprint density at radius 1 is 1.32 bits per heavy atom. The molecule has 7 heteroatoms. The molecule has 1 N–H and O–H groups in total. The number of carbonyl (C=O) groups excluding carboxylic acids is 1. The number of pyridine rings is 1. The molecule has 0 bridgehead atoms. The Labute approximate surface area is 147 Å². The predicted octanol–water partition coefficient (Wildman–Crippen LogP) is 2.58. The first-order valence-electron chi connectivity index (χ1n) is 8.71. The van der Waals surface area contributed by atoms with E-state index in [-0.39, 0.29) is 5.91 Å². The van der Waals surface area contributed by atoms with Crippen molar-refractivity contribution < 1.29 is 14.2 Å². The van der Waals surface area contributed by atoms with Gasteiger partial charge in [0.15, 0.2) is 5.82 Å². The van der Waals surface area contributed by atoms with Crippen LogP contribution in [0.15, 0.2) is 22.9 Å². The number of aromatic nitrogens is 2. The zero-order valence-electron chi connectivity index (χ0n) is 14.7. The van der Waals surface area contributed by atoms with Crippen LogP contribution in [-0.4, -0.2) is 35.7 Å². The molecule has 0 unspecified atom stereocenters. The number of carbonyl (C=O) groups is 1. The van der Waals surface area contributed by atoms with E-state index in [2.05, 4.69) is 15.5 Å². The lowest BCUT2D eigenvalue weighted by molar-refractivity contribution is 0.0761. The van der Waals surface area contributed by atoms with Crippen LogP contribution in [0.4, 0.5) is 5.82 Å². The summed E-state index contributed by atoms with van der Waals surface area (Å²) in [6.45, 7) is 5.99. The molecule has 1 aliphatic rings. The van der Waals surface area contributed by atoms with Crippen LogP contribution in [0.3, 0.4) is 0 Å². The molecule has 1 amide bonds. The molecule has 0 aromatic carbocycles. The van der Waals surface area contributed by atoms with Crippen LogP contribution < -0.4 is 10.4 Å². The Hall–Kier alpha value is -2.41. The van der Waals surface area contributed by atoms with E-state index >= 15 is 0 Å². The maximum absolute atomic E-state index is 12.2. The zero-order chi connectivity index (χ0) is 17.6. The Kier molecular flexibility index (Phi) is 5.65. The minimum atomic E-state index is -0.114. The second kappa shape index (κ2) is 8.11. The van der Waals surface area contributed by atoms with Crippen molar-refractivity contribution in [3.63, 3.8) is 0 Å². The normalized spacial score (nSPS) is 14.6.